The van der Waals surface area contributed by atoms with Gasteiger partial charge in [-0.2, -0.15) is 0 Å². The van der Waals surface area contributed by atoms with Gasteiger partial charge in [0.15, 0.2) is 0 Å². The fourth-order valence-electron chi connectivity index (χ4n) is 3.44. The Morgan fingerprint density at radius 3 is 2.30 bits per heavy atom. The van der Waals surface area contributed by atoms with E-state index in [0.29, 0.717) is 24.7 Å². The maximum absolute atomic E-state index is 12.9. The second-order valence-electron chi connectivity index (χ2n) is 6.84. The van der Waals surface area contributed by atoms with Crippen LogP contribution in [0.4, 0.5) is 11.6 Å². The maximum atomic E-state index is 12.9. The van der Waals surface area contributed by atoms with Gasteiger partial charge in [0, 0.05) is 51.2 Å². The van der Waals surface area contributed by atoms with Gasteiger partial charge in [-0.05, 0) is 31.0 Å². The second kappa shape index (κ2) is 9.35. The highest BCUT2D eigenvalue weighted by Gasteiger charge is 2.24. The van der Waals surface area contributed by atoms with Crippen molar-refractivity contribution in [3.63, 3.8) is 0 Å². The first-order valence-corrected chi connectivity index (χ1v) is 9.90. The first-order valence-electron chi connectivity index (χ1n) is 9.90. The molecule has 0 spiro atoms. The molecule has 144 valence electrons. The standard InChI is InChI=1S/C21H29N5O/c1-3-12-26(13-4-2)21-22-11-10-19(23-21)20(27)25-16-14-24(15-17-25)18-8-6-5-7-9-18/h5-11H,3-4,12-17H2,1-2H3. The summed E-state index contributed by atoms with van der Waals surface area (Å²) in [6.45, 7) is 9.19. The average Bonchev–Trinajstić information content (AvgIpc) is 2.74. The lowest BCUT2D eigenvalue weighted by atomic mass is 10.2. The molecule has 0 saturated carbocycles. The molecule has 1 aliphatic heterocycles. The smallest absolute Gasteiger partial charge is 0.272 e. The zero-order valence-electron chi connectivity index (χ0n) is 16.3. The molecule has 1 saturated heterocycles. The van der Waals surface area contributed by atoms with Gasteiger partial charge in [0.1, 0.15) is 5.69 Å². The number of carbonyl (C=O) groups excluding carboxylic acids is 1. The summed E-state index contributed by atoms with van der Waals surface area (Å²) in [6, 6.07) is 12.1. The SMILES string of the molecule is CCCN(CCC)c1nccc(C(=O)N2CCN(c3ccccc3)CC2)n1. The summed E-state index contributed by atoms with van der Waals surface area (Å²) >= 11 is 0. The van der Waals surface area contributed by atoms with Crippen molar-refractivity contribution < 1.29 is 4.79 Å². The Labute approximate surface area is 161 Å². The Morgan fingerprint density at radius 1 is 1.00 bits per heavy atom. The van der Waals surface area contributed by atoms with Crippen LogP contribution in [0.2, 0.25) is 0 Å². The van der Waals surface area contributed by atoms with Crippen LogP contribution >= 0.6 is 0 Å². The molecule has 1 aromatic carbocycles. The van der Waals surface area contributed by atoms with Gasteiger partial charge in [0.2, 0.25) is 5.95 Å². The summed E-state index contributed by atoms with van der Waals surface area (Å²) in [6.07, 6.45) is 3.76. The van der Waals surface area contributed by atoms with Crippen LogP contribution in [0.3, 0.4) is 0 Å². The van der Waals surface area contributed by atoms with E-state index in [1.54, 1.807) is 12.3 Å². The van der Waals surface area contributed by atoms with E-state index >= 15 is 0 Å². The van der Waals surface area contributed by atoms with Crippen LogP contribution in [0, 0.1) is 0 Å². The lowest BCUT2D eigenvalue weighted by molar-refractivity contribution is 0.0740. The lowest BCUT2D eigenvalue weighted by Gasteiger charge is -2.36. The van der Waals surface area contributed by atoms with Crippen molar-refractivity contribution in [1.82, 2.24) is 14.9 Å². The Kier molecular flexibility index (Phi) is 6.63. The minimum Gasteiger partial charge on any atom is -0.368 e. The van der Waals surface area contributed by atoms with Gasteiger partial charge >= 0.3 is 0 Å². The molecule has 6 nitrogen and oxygen atoms in total. The van der Waals surface area contributed by atoms with E-state index in [1.165, 1.54) is 5.69 Å². The van der Waals surface area contributed by atoms with E-state index < -0.39 is 0 Å². The molecule has 1 fully saturated rings. The molecule has 0 unspecified atom stereocenters. The first kappa shape index (κ1) is 19.1. The molecule has 0 radical (unpaired) electrons. The van der Waals surface area contributed by atoms with E-state index in [-0.39, 0.29) is 5.91 Å². The molecule has 1 aromatic heterocycles. The minimum atomic E-state index is -0.000640. The van der Waals surface area contributed by atoms with E-state index in [1.807, 2.05) is 23.1 Å². The number of piperazine rings is 1. The molecule has 0 atom stereocenters. The highest BCUT2D eigenvalue weighted by atomic mass is 16.2. The van der Waals surface area contributed by atoms with E-state index in [0.717, 1.165) is 39.0 Å². The third-order valence-electron chi connectivity index (χ3n) is 4.82. The quantitative estimate of drug-likeness (QED) is 0.753. The van der Waals surface area contributed by atoms with Gasteiger partial charge in [0.05, 0.1) is 0 Å². The number of amides is 1. The molecule has 2 aromatic rings. The van der Waals surface area contributed by atoms with Crippen LogP contribution < -0.4 is 9.80 Å². The van der Waals surface area contributed by atoms with Crippen LogP contribution in [0.1, 0.15) is 37.2 Å². The van der Waals surface area contributed by atoms with Crippen molar-refractivity contribution in [2.24, 2.45) is 0 Å². The number of anilines is 2. The molecule has 27 heavy (non-hydrogen) atoms. The Hall–Kier alpha value is -2.63. The highest BCUT2D eigenvalue weighted by molar-refractivity contribution is 5.92. The fraction of sp³-hybridized carbons (Fsp3) is 0.476. The number of aromatic nitrogens is 2. The molecular weight excluding hydrogens is 338 g/mol. The summed E-state index contributed by atoms with van der Waals surface area (Å²) < 4.78 is 0. The van der Waals surface area contributed by atoms with Gasteiger partial charge in [-0.3, -0.25) is 4.79 Å². The first-order chi connectivity index (χ1) is 13.2. The Balaban J connectivity index is 1.65. The van der Waals surface area contributed by atoms with Gasteiger partial charge < -0.3 is 14.7 Å². The van der Waals surface area contributed by atoms with Crippen LogP contribution in [-0.4, -0.2) is 60.0 Å². The monoisotopic (exact) mass is 367 g/mol. The van der Waals surface area contributed by atoms with Crippen molar-refractivity contribution in [2.75, 3.05) is 49.1 Å². The number of rotatable bonds is 7. The molecular formula is C21H29N5O. The lowest BCUT2D eigenvalue weighted by Crippen LogP contribution is -2.49. The van der Waals surface area contributed by atoms with Crippen LogP contribution in [0.25, 0.3) is 0 Å². The normalized spacial score (nSPS) is 14.3. The largest absolute Gasteiger partial charge is 0.368 e. The number of carbonyl (C=O) groups is 1. The van der Waals surface area contributed by atoms with Gasteiger partial charge in [-0.25, -0.2) is 9.97 Å². The molecule has 2 heterocycles. The molecule has 3 rings (SSSR count). The van der Waals surface area contributed by atoms with Crippen molar-refractivity contribution in [2.45, 2.75) is 26.7 Å². The molecule has 1 amide bonds. The Bertz CT molecular complexity index is 722. The molecule has 6 heteroatoms. The van der Waals surface area contributed by atoms with Gasteiger partial charge in [-0.15, -0.1) is 0 Å². The third-order valence-corrected chi connectivity index (χ3v) is 4.82. The topological polar surface area (TPSA) is 52.6 Å². The Morgan fingerprint density at radius 2 is 1.67 bits per heavy atom. The number of nitrogens with zero attached hydrogens (tertiary/aromatic N) is 5. The highest BCUT2D eigenvalue weighted by Crippen LogP contribution is 2.17. The molecule has 1 aliphatic rings. The van der Waals surface area contributed by atoms with Crippen molar-refractivity contribution >= 4 is 17.5 Å². The van der Waals surface area contributed by atoms with Crippen LogP contribution in [-0.2, 0) is 0 Å². The summed E-state index contributed by atoms with van der Waals surface area (Å²) in [7, 11) is 0. The van der Waals surface area contributed by atoms with Crippen molar-refractivity contribution in [3.8, 4) is 0 Å². The predicted octanol–water partition coefficient (Wildman–Crippen LogP) is 3.07. The van der Waals surface area contributed by atoms with E-state index in [9.17, 15) is 4.79 Å². The summed E-state index contributed by atoms with van der Waals surface area (Å²) in [4.78, 5) is 28.3. The van der Waals surface area contributed by atoms with Crippen molar-refractivity contribution in [3.05, 3.63) is 48.3 Å². The average molecular weight is 367 g/mol. The number of benzene rings is 1. The number of hydrogen-bond donors (Lipinski definition) is 0. The molecule has 0 bridgehead atoms. The van der Waals surface area contributed by atoms with Gasteiger partial charge in [-0.1, -0.05) is 32.0 Å². The fourth-order valence-corrected chi connectivity index (χ4v) is 3.44. The maximum Gasteiger partial charge on any atom is 0.272 e. The predicted molar refractivity (Wildman–Crippen MR) is 109 cm³/mol. The number of para-hydroxylation sites is 1. The van der Waals surface area contributed by atoms with E-state index in [4.69, 9.17) is 0 Å². The second-order valence-corrected chi connectivity index (χ2v) is 6.84. The summed E-state index contributed by atoms with van der Waals surface area (Å²) in [5, 5.41) is 0. The minimum absolute atomic E-state index is 0.000640. The summed E-state index contributed by atoms with van der Waals surface area (Å²) in [5.74, 6) is 0.659. The summed E-state index contributed by atoms with van der Waals surface area (Å²) in [5.41, 5.74) is 1.70. The zero-order valence-corrected chi connectivity index (χ0v) is 16.3. The third kappa shape index (κ3) is 4.76. The van der Waals surface area contributed by atoms with E-state index in [2.05, 4.69) is 45.7 Å². The zero-order chi connectivity index (χ0) is 19.1. The molecule has 0 N–H and O–H groups in total. The molecule has 0 aliphatic carbocycles. The van der Waals surface area contributed by atoms with Crippen molar-refractivity contribution in [1.29, 1.82) is 0 Å². The van der Waals surface area contributed by atoms with Gasteiger partial charge in [0.25, 0.3) is 5.91 Å². The number of hydrogen-bond acceptors (Lipinski definition) is 5. The van der Waals surface area contributed by atoms with Crippen LogP contribution in [0.5, 0.6) is 0 Å². The van der Waals surface area contributed by atoms with Crippen LogP contribution in [0.15, 0.2) is 42.6 Å².